The molecule has 60 heavy (non-hydrogen) atoms. The summed E-state index contributed by atoms with van der Waals surface area (Å²) in [4.78, 5) is 75.4. The maximum atomic E-state index is 14.7. The molecule has 5 N–H and O–H groups in total. The summed E-state index contributed by atoms with van der Waals surface area (Å²) in [6.45, 7) is 14.6. The number of alkyl carbamates (subject to hydrolysis) is 1. The second-order valence-electron chi connectivity index (χ2n) is 16.9. The van der Waals surface area contributed by atoms with Gasteiger partial charge in [0.05, 0.1) is 24.4 Å². The number of ether oxygens (including phenoxy) is 3. The Morgan fingerprint density at radius 3 is 2.48 bits per heavy atom. The van der Waals surface area contributed by atoms with Gasteiger partial charge in [-0.05, 0) is 70.4 Å². The topological polar surface area (TPSA) is 228 Å². The number of thiazole rings is 1. The predicted octanol–water partition coefficient (Wildman–Crippen LogP) is 6.31. The van der Waals surface area contributed by atoms with Crippen LogP contribution < -0.4 is 25.4 Å². The van der Waals surface area contributed by atoms with E-state index in [-0.39, 0.29) is 43.9 Å². The van der Waals surface area contributed by atoms with Gasteiger partial charge in [-0.15, -0.1) is 17.9 Å². The zero-order valence-electron chi connectivity index (χ0n) is 34.8. The summed E-state index contributed by atoms with van der Waals surface area (Å²) < 4.78 is 35.3. The van der Waals surface area contributed by atoms with Gasteiger partial charge >= 0.3 is 19.7 Å². The van der Waals surface area contributed by atoms with Gasteiger partial charge in [-0.1, -0.05) is 26.8 Å². The minimum absolute atomic E-state index is 0.0157. The highest BCUT2D eigenvalue weighted by Gasteiger charge is 2.61. The molecule has 3 heterocycles. The number of aromatic nitrogens is 2. The lowest BCUT2D eigenvalue weighted by Crippen LogP contribution is -2.59. The van der Waals surface area contributed by atoms with Crippen LogP contribution in [0.4, 0.5) is 9.93 Å². The van der Waals surface area contributed by atoms with Gasteiger partial charge in [0.15, 0.2) is 11.5 Å². The van der Waals surface area contributed by atoms with Crippen molar-refractivity contribution in [3.05, 3.63) is 42.3 Å². The van der Waals surface area contributed by atoms with E-state index in [1.807, 2.05) is 19.2 Å². The van der Waals surface area contributed by atoms with E-state index in [2.05, 4.69) is 22.5 Å². The Morgan fingerprint density at radius 2 is 1.85 bits per heavy atom. The predicted molar refractivity (Wildman–Crippen MR) is 225 cm³/mol. The van der Waals surface area contributed by atoms with E-state index in [1.165, 1.54) is 22.3 Å². The first-order chi connectivity index (χ1) is 28.3. The van der Waals surface area contributed by atoms with Crippen molar-refractivity contribution in [2.24, 2.45) is 11.3 Å². The van der Waals surface area contributed by atoms with Gasteiger partial charge in [0.25, 0.3) is 0 Å². The van der Waals surface area contributed by atoms with Crippen LogP contribution in [0, 0.1) is 11.3 Å². The molecule has 1 aliphatic heterocycles. The number of pyridine rings is 1. The Labute approximate surface area is 353 Å². The first-order valence-electron chi connectivity index (χ1n) is 20.2. The van der Waals surface area contributed by atoms with E-state index in [9.17, 15) is 33.7 Å². The molecular formula is C41H55N6O11PS. The van der Waals surface area contributed by atoms with Gasteiger partial charge in [0, 0.05) is 41.3 Å². The van der Waals surface area contributed by atoms with E-state index < -0.39 is 72.9 Å². The first-order valence-corrected chi connectivity index (χ1v) is 22.8. The zero-order chi connectivity index (χ0) is 43.6. The lowest BCUT2D eigenvalue weighted by molar-refractivity contribution is -0.146. The number of carboxylic acids is 1. The maximum absolute atomic E-state index is 14.7. The highest BCUT2D eigenvalue weighted by Crippen LogP contribution is 2.45. The fourth-order valence-corrected chi connectivity index (χ4v) is 9.23. The number of carbonyl (C=O) groups is 4. The number of carbonyl (C=O) groups excluding carboxylic acids is 3. The van der Waals surface area contributed by atoms with Crippen molar-refractivity contribution < 1.29 is 52.5 Å². The second kappa shape index (κ2) is 18.1. The summed E-state index contributed by atoms with van der Waals surface area (Å²) in [5.41, 5.74) is -0.992. The van der Waals surface area contributed by atoms with Gasteiger partial charge in [0.2, 0.25) is 11.8 Å². The minimum atomic E-state index is -4.01. The maximum Gasteiger partial charge on any atom is 0.408 e. The summed E-state index contributed by atoms with van der Waals surface area (Å²) in [7, 11) is -4.01. The van der Waals surface area contributed by atoms with Gasteiger partial charge in [-0.25, -0.2) is 19.6 Å². The van der Waals surface area contributed by atoms with Gasteiger partial charge in [-0.2, -0.15) is 0 Å². The molecular weight excluding hydrogens is 816 g/mol. The summed E-state index contributed by atoms with van der Waals surface area (Å²) in [5, 5.41) is 21.9. The van der Waals surface area contributed by atoms with E-state index in [0.29, 0.717) is 33.2 Å². The van der Waals surface area contributed by atoms with Crippen LogP contribution >= 0.6 is 18.9 Å². The lowest BCUT2D eigenvalue weighted by atomic mass is 9.85. The van der Waals surface area contributed by atoms with Gasteiger partial charge in [-0.3, -0.25) is 14.2 Å². The molecule has 6 atom stereocenters. The average Bonchev–Trinajstić information content (AvgIpc) is 3.58. The fraction of sp³-hybridized carbons (Fsp3) is 0.561. The molecule has 0 bridgehead atoms. The number of hydrogen-bond acceptors (Lipinski definition) is 13. The Hall–Kier alpha value is -4.77. The molecule has 3 amide bonds. The third-order valence-corrected chi connectivity index (χ3v) is 12.7. The van der Waals surface area contributed by atoms with Crippen LogP contribution in [0.2, 0.25) is 0 Å². The van der Waals surface area contributed by atoms with Crippen LogP contribution in [0.25, 0.3) is 22.3 Å². The van der Waals surface area contributed by atoms with E-state index >= 15 is 0 Å². The Morgan fingerprint density at radius 1 is 1.12 bits per heavy atom. The summed E-state index contributed by atoms with van der Waals surface area (Å²) in [6.07, 6.45) is 2.64. The monoisotopic (exact) mass is 870 g/mol. The number of fused-ring (bicyclic) bond motifs is 1. The number of carboxylic acid groups (broad SMARTS) is 1. The summed E-state index contributed by atoms with van der Waals surface area (Å²) in [5.74, 6) is -2.34. The molecule has 17 nitrogen and oxygen atoms in total. The Kier molecular flexibility index (Phi) is 13.5. The first kappa shape index (κ1) is 44.8. The third kappa shape index (κ3) is 10.4. The molecule has 2 saturated carbocycles. The second-order valence-corrected chi connectivity index (χ2v) is 19.5. The molecule has 0 radical (unpaired) electrons. The zero-order valence-corrected chi connectivity index (χ0v) is 36.5. The SMILES string of the molecule is C=C[C@@H]1C[C@]1(NC(=O)[C@@H]1C[C@@H](Oc2cc(-c3csc(NC(C)C)n3)nc3cc(OCP(=O)(O)OCC)ccc23)CN1C(=O)[C@@H](NC(=O)OC1CCCC1)C(C)(C)C)C(=O)O. The van der Waals surface area contributed by atoms with Crippen molar-refractivity contribution >= 4 is 58.8 Å². The number of hydrogen-bond donors (Lipinski definition) is 5. The van der Waals surface area contributed by atoms with Crippen LogP contribution in [0.1, 0.15) is 80.1 Å². The number of amides is 3. The van der Waals surface area contributed by atoms with Crippen molar-refractivity contribution in [1.82, 2.24) is 25.5 Å². The third-order valence-electron chi connectivity index (χ3n) is 10.8. The molecule has 2 aromatic heterocycles. The van der Waals surface area contributed by atoms with Gasteiger partial charge in [0.1, 0.15) is 47.0 Å². The lowest BCUT2D eigenvalue weighted by Gasteiger charge is -2.35. The molecule has 0 spiro atoms. The molecule has 3 fully saturated rings. The van der Waals surface area contributed by atoms with Crippen LogP contribution in [0.3, 0.4) is 0 Å². The average molecular weight is 871 g/mol. The fourth-order valence-electron chi connectivity index (χ4n) is 7.59. The van der Waals surface area contributed by atoms with Crippen molar-refractivity contribution in [3.8, 4) is 22.9 Å². The molecule has 3 aromatic rings. The van der Waals surface area contributed by atoms with E-state index in [1.54, 1.807) is 52.0 Å². The Bertz CT molecular complexity index is 2150. The summed E-state index contributed by atoms with van der Waals surface area (Å²) >= 11 is 1.40. The van der Waals surface area contributed by atoms with Crippen LogP contribution in [-0.4, -0.2) is 104 Å². The van der Waals surface area contributed by atoms with E-state index in [0.717, 1.165) is 25.7 Å². The summed E-state index contributed by atoms with van der Waals surface area (Å²) in [6, 6.07) is 4.43. The normalized spacial score (nSPS) is 23.1. The number of rotatable bonds is 17. The molecule has 1 saturated heterocycles. The number of aliphatic carboxylic acids is 1. The quantitative estimate of drug-likeness (QED) is 0.0740. The van der Waals surface area contributed by atoms with Crippen LogP contribution in [-0.2, 0) is 28.2 Å². The van der Waals surface area contributed by atoms with E-state index in [4.69, 9.17) is 28.7 Å². The number of nitrogens with one attached hydrogen (secondary N) is 3. The molecule has 6 rings (SSSR count). The number of likely N-dealkylation sites (tertiary alicyclic amines) is 1. The highest BCUT2D eigenvalue weighted by atomic mass is 32.1. The molecule has 3 aliphatic rings. The minimum Gasteiger partial charge on any atom is -0.488 e. The molecule has 19 heteroatoms. The molecule has 1 aromatic carbocycles. The molecule has 1 unspecified atom stereocenters. The Balaban J connectivity index is 1.34. The van der Waals surface area contributed by atoms with Crippen molar-refractivity contribution in [1.29, 1.82) is 0 Å². The number of anilines is 1. The highest BCUT2D eigenvalue weighted by molar-refractivity contribution is 7.52. The smallest absolute Gasteiger partial charge is 0.408 e. The van der Waals surface area contributed by atoms with Crippen LogP contribution in [0.15, 0.2) is 42.3 Å². The standard InChI is InChI=1S/C41H55N6O11PS/c1-8-24-19-41(24,37(50)51)46-35(48)32-17-27(20-47(32)36(49)34(40(5,6)7)45-39(52)58-25-12-10-11-13-25)57-33-18-30(31-21-60-38(44-31)42-23(3)4)43-29-16-26(14-15-28(29)33)55-22-59(53,54)56-9-2/h8,14-16,18,21,23-25,27,32,34H,1,9-13,17,19-20,22H2,2-7H3,(H,42,44)(H,45,52)(H,46,48)(H,50,51)(H,53,54)/t24-,27-,32+,34-,41-/m1/s1. The van der Waals surface area contributed by atoms with Crippen molar-refractivity contribution in [3.63, 3.8) is 0 Å². The van der Waals surface area contributed by atoms with Crippen molar-refractivity contribution in [2.75, 3.05) is 24.8 Å². The van der Waals surface area contributed by atoms with Crippen molar-refractivity contribution in [2.45, 2.75) is 116 Å². The molecule has 326 valence electrons. The molecule has 2 aliphatic carbocycles. The number of nitrogens with zero attached hydrogens (tertiary/aromatic N) is 3. The van der Waals surface area contributed by atoms with Gasteiger partial charge < -0.3 is 49.6 Å². The number of benzene rings is 1. The largest absolute Gasteiger partial charge is 0.488 e. The van der Waals surface area contributed by atoms with Crippen LogP contribution in [0.5, 0.6) is 11.5 Å².